The van der Waals surface area contributed by atoms with Crippen LogP contribution in [0.15, 0.2) is 24.3 Å². The largest absolute Gasteiger partial charge is 0.385 e. The van der Waals surface area contributed by atoms with Gasteiger partial charge in [0.1, 0.15) is 0 Å². The molecule has 0 aliphatic carbocycles. The second kappa shape index (κ2) is 6.60. The van der Waals surface area contributed by atoms with E-state index < -0.39 is 0 Å². The zero-order chi connectivity index (χ0) is 13.7. The summed E-state index contributed by atoms with van der Waals surface area (Å²) in [5.74, 6) is 0.871. The van der Waals surface area contributed by atoms with Crippen LogP contribution in [-0.4, -0.2) is 30.4 Å². The summed E-state index contributed by atoms with van der Waals surface area (Å²) in [6.07, 6.45) is 3.60. The number of anilines is 1. The molecular formula is C16H24N2O. The number of carbonyl (C=O) groups is 1. The maximum atomic E-state index is 12.6. The number of hydrogen-bond acceptors (Lipinski definition) is 2. The van der Waals surface area contributed by atoms with Crippen molar-refractivity contribution in [3.8, 4) is 0 Å². The molecule has 1 aromatic carbocycles. The zero-order valence-corrected chi connectivity index (χ0v) is 12.0. The standard InChI is InChI=1S/C16H24N2O/c1-3-7-13-10-11-18(12-13)16(19)14-8-5-6-9-15(14)17-4-2/h5-6,8-9,13,17H,3-4,7,10-12H2,1-2H3. The van der Waals surface area contributed by atoms with Gasteiger partial charge < -0.3 is 10.2 Å². The molecule has 1 unspecified atom stereocenters. The number of nitrogens with one attached hydrogen (secondary N) is 1. The smallest absolute Gasteiger partial charge is 0.255 e. The topological polar surface area (TPSA) is 32.3 Å². The molecule has 2 rings (SSSR count). The lowest BCUT2D eigenvalue weighted by atomic mass is 10.0. The molecule has 1 saturated heterocycles. The Bertz CT molecular complexity index is 431. The highest BCUT2D eigenvalue weighted by Gasteiger charge is 2.27. The Morgan fingerprint density at radius 3 is 2.89 bits per heavy atom. The van der Waals surface area contributed by atoms with Crippen molar-refractivity contribution in [2.45, 2.75) is 33.1 Å². The summed E-state index contributed by atoms with van der Waals surface area (Å²) < 4.78 is 0. The Labute approximate surface area is 116 Å². The van der Waals surface area contributed by atoms with E-state index in [0.29, 0.717) is 5.92 Å². The van der Waals surface area contributed by atoms with Crippen molar-refractivity contribution in [2.24, 2.45) is 5.92 Å². The molecule has 1 amide bonds. The van der Waals surface area contributed by atoms with Crippen LogP contribution in [0.25, 0.3) is 0 Å². The summed E-state index contributed by atoms with van der Waals surface area (Å²) in [5, 5.41) is 3.27. The van der Waals surface area contributed by atoms with Crippen molar-refractivity contribution < 1.29 is 4.79 Å². The van der Waals surface area contributed by atoms with E-state index in [1.165, 1.54) is 12.8 Å². The average molecular weight is 260 g/mol. The molecule has 1 N–H and O–H groups in total. The average Bonchev–Trinajstić information content (AvgIpc) is 2.88. The molecule has 0 saturated carbocycles. The maximum Gasteiger partial charge on any atom is 0.255 e. The van der Waals surface area contributed by atoms with Crippen LogP contribution in [-0.2, 0) is 0 Å². The van der Waals surface area contributed by atoms with Gasteiger partial charge in [-0.2, -0.15) is 0 Å². The minimum atomic E-state index is 0.176. The lowest BCUT2D eigenvalue weighted by Crippen LogP contribution is -2.29. The SMILES string of the molecule is CCCC1CCN(C(=O)c2ccccc2NCC)C1. The Morgan fingerprint density at radius 2 is 2.16 bits per heavy atom. The predicted molar refractivity (Wildman–Crippen MR) is 79.5 cm³/mol. The third-order valence-corrected chi connectivity index (χ3v) is 3.79. The van der Waals surface area contributed by atoms with Gasteiger partial charge in [-0.15, -0.1) is 0 Å². The van der Waals surface area contributed by atoms with Crippen molar-refractivity contribution in [2.75, 3.05) is 25.0 Å². The summed E-state index contributed by atoms with van der Waals surface area (Å²) in [4.78, 5) is 14.6. The predicted octanol–water partition coefficient (Wildman–Crippen LogP) is 3.38. The van der Waals surface area contributed by atoms with Crippen LogP contribution in [0.5, 0.6) is 0 Å². The van der Waals surface area contributed by atoms with Crippen LogP contribution < -0.4 is 5.32 Å². The third-order valence-electron chi connectivity index (χ3n) is 3.79. The Morgan fingerprint density at radius 1 is 1.37 bits per heavy atom. The first-order chi connectivity index (χ1) is 9.26. The van der Waals surface area contributed by atoms with E-state index >= 15 is 0 Å². The third kappa shape index (κ3) is 3.28. The van der Waals surface area contributed by atoms with Gasteiger partial charge in [0.05, 0.1) is 5.56 Å². The zero-order valence-electron chi connectivity index (χ0n) is 12.0. The molecular weight excluding hydrogens is 236 g/mol. The lowest BCUT2D eigenvalue weighted by Gasteiger charge is -2.19. The second-order valence-corrected chi connectivity index (χ2v) is 5.27. The number of para-hydroxylation sites is 1. The molecule has 104 valence electrons. The van der Waals surface area contributed by atoms with Gasteiger partial charge >= 0.3 is 0 Å². The van der Waals surface area contributed by atoms with Crippen molar-refractivity contribution in [1.29, 1.82) is 0 Å². The Hall–Kier alpha value is -1.51. The number of benzene rings is 1. The molecule has 0 spiro atoms. The molecule has 0 aromatic heterocycles. The summed E-state index contributed by atoms with van der Waals surface area (Å²) in [7, 11) is 0. The number of rotatable bonds is 5. The highest BCUT2D eigenvalue weighted by molar-refractivity contribution is 5.99. The number of likely N-dealkylation sites (tertiary alicyclic amines) is 1. The summed E-state index contributed by atoms with van der Waals surface area (Å²) in [6.45, 7) is 6.93. The van der Waals surface area contributed by atoms with Gasteiger partial charge in [-0.3, -0.25) is 4.79 Å². The van der Waals surface area contributed by atoms with Gasteiger partial charge in [-0.25, -0.2) is 0 Å². The van der Waals surface area contributed by atoms with Crippen molar-refractivity contribution >= 4 is 11.6 Å². The first-order valence-corrected chi connectivity index (χ1v) is 7.38. The van der Waals surface area contributed by atoms with Crippen LogP contribution in [0.4, 0.5) is 5.69 Å². The van der Waals surface area contributed by atoms with Gasteiger partial charge in [0.2, 0.25) is 0 Å². The van der Waals surface area contributed by atoms with E-state index in [0.717, 1.165) is 37.3 Å². The summed E-state index contributed by atoms with van der Waals surface area (Å²) >= 11 is 0. The minimum Gasteiger partial charge on any atom is -0.385 e. The number of nitrogens with zero attached hydrogens (tertiary/aromatic N) is 1. The number of hydrogen-bond donors (Lipinski definition) is 1. The molecule has 1 heterocycles. The van der Waals surface area contributed by atoms with Crippen LogP contribution in [0.2, 0.25) is 0 Å². The molecule has 3 heteroatoms. The lowest BCUT2D eigenvalue weighted by molar-refractivity contribution is 0.0787. The minimum absolute atomic E-state index is 0.176. The summed E-state index contributed by atoms with van der Waals surface area (Å²) in [5.41, 5.74) is 1.76. The normalized spacial score (nSPS) is 18.6. The van der Waals surface area contributed by atoms with Crippen LogP contribution in [0, 0.1) is 5.92 Å². The Kier molecular flexibility index (Phi) is 4.83. The second-order valence-electron chi connectivity index (χ2n) is 5.27. The van der Waals surface area contributed by atoms with E-state index in [1.807, 2.05) is 36.1 Å². The Balaban J connectivity index is 2.08. The first kappa shape index (κ1) is 13.9. The van der Waals surface area contributed by atoms with Crippen molar-refractivity contribution in [1.82, 2.24) is 4.90 Å². The molecule has 1 fully saturated rings. The molecule has 0 radical (unpaired) electrons. The van der Waals surface area contributed by atoms with Crippen LogP contribution in [0.1, 0.15) is 43.5 Å². The van der Waals surface area contributed by atoms with Gasteiger partial charge in [-0.1, -0.05) is 25.5 Å². The molecule has 1 aliphatic rings. The number of amides is 1. The van der Waals surface area contributed by atoms with Gasteiger partial charge in [0, 0.05) is 25.3 Å². The molecule has 1 atom stereocenters. The molecule has 1 aromatic rings. The van der Waals surface area contributed by atoms with Crippen LogP contribution in [0.3, 0.4) is 0 Å². The maximum absolute atomic E-state index is 12.6. The van der Waals surface area contributed by atoms with E-state index in [-0.39, 0.29) is 5.91 Å². The monoisotopic (exact) mass is 260 g/mol. The van der Waals surface area contributed by atoms with Crippen LogP contribution >= 0.6 is 0 Å². The quantitative estimate of drug-likeness (QED) is 0.880. The van der Waals surface area contributed by atoms with Crippen molar-refractivity contribution in [3.63, 3.8) is 0 Å². The molecule has 19 heavy (non-hydrogen) atoms. The van der Waals surface area contributed by atoms with E-state index in [1.54, 1.807) is 0 Å². The highest BCUT2D eigenvalue weighted by atomic mass is 16.2. The van der Waals surface area contributed by atoms with E-state index in [2.05, 4.69) is 12.2 Å². The van der Waals surface area contributed by atoms with Gasteiger partial charge in [0.25, 0.3) is 5.91 Å². The van der Waals surface area contributed by atoms with Gasteiger partial charge in [-0.05, 0) is 37.8 Å². The fraction of sp³-hybridized carbons (Fsp3) is 0.562. The molecule has 0 bridgehead atoms. The fourth-order valence-corrected chi connectivity index (χ4v) is 2.85. The van der Waals surface area contributed by atoms with Crippen molar-refractivity contribution in [3.05, 3.63) is 29.8 Å². The van der Waals surface area contributed by atoms with E-state index in [4.69, 9.17) is 0 Å². The first-order valence-electron chi connectivity index (χ1n) is 7.38. The van der Waals surface area contributed by atoms with Gasteiger partial charge in [0.15, 0.2) is 0 Å². The summed E-state index contributed by atoms with van der Waals surface area (Å²) in [6, 6.07) is 7.82. The number of carbonyl (C=O) groups excluding carboxylic acids is 1. The van der Waals surface area contributed by atoms with E-state index in [9.17, 15) is 4.79 Å². The highest BCUT2D eigenvalue weighted by Crippen LogP contribution is 2.24. The fourth-order valence-electron chi connectivity index (χ4n) is 2.85. The molecule has 1 aliphatic heterocycles. The molecule has 3 nitrogen and oxygen atoms in total.